The van der Waals surface area contributed by atoms with E-state index in [2.05, 4.69) is 43.2 Å². The Morgan fingerprint density at radius 1 is 1.20 bits per heavy atom. The minimum absolute atomic E-state index is 0.204. The molecule has 1 unspecified atom stereocenters. The van der Waals surface area contributed by atoms with Crippen LogP contribution in [0.1, 0.15) is 27.2 Å². The number of nitrogens with one attached hydrogen (secondary N) is 1. The average molecular weight is 272 g/mol. The van der Waals surface area contributed by atoms with E-state index in [4.69, 9.17) is 4.74 Å². The standard InChI is InChI=1S/C17H24N2O/c1-4-15(12-18-11-13(2)3)20-16-8-7-14-6-5-9-19-17(14)10-16/h5-10,13,15,18H,4,11-12H2,1-3H3. The quantitative estimate of drug-likeness (QED) is 0.835. The Morgan fingerprint density at radius 3 is 2.80 bits per heavy atom. The van der Waals surface area contributed by atoms with Gasteiger partial charge in [0.1, 0.15) is 11.9 Å². The van der Waals surface area contributed by atoms with E-state index in [0.717, 1.165) is 36.2 Å². The number of ether oxygens (including phenoxy) is 1. The second-order valence-electron chi connectivity index (χ2n) is 5.56. The van der Waals surface area contributed by atoms with Crippen LogP contribution in [-0.4, -0.2) is 24.2 Å². The highest BCUT2D eigenvalue weighted by atomic mass is 16.5. The number of rotatable bonds is 7. The van der Waals surface area contributed by atoms with Crippen molar-refractivity contribution < 1.29 is 4.74 Å². The van der Waals surface area contributed by atoms with Crippen LogP contribution in [-0.2, 0) is 0 Å². The Kier molecular flexibility index (Phi) is 5.36. The van der Waals surface area contributed by atoms with Gasteiger partial charge in [0, 0.05) is 24.2 Å². The van der Waals surface area contributed by atoms with Crippen LogP contribution in [0.3, 0.4) is 0 Å². The summed E-state index contributed by atoms with van der Waals surface area (Å²) in [5.41, 5.74) is 0.981. The monoisotopic (exact) mass is 272 g/mol. The van der Waals surface area contributed by atoms with Gasteiger partial charge in [-0.25, -0.2) is 0 Å². The van der Waals surface area contributed by atoms with Gasteiger partial charge in [-0.1, -0.05) is 26.8 Å². The molecule has 0 aliphatic rings. The molecule has 0 aliphatic carbocycles. The number of nitrogens with zero attached hydrogens (tertiary/aromatic N) is 1. The first-order valence-corrected chi connectivity index (χ1v) is 7.41. The highest BCUT2D eigenvalue weighted by molar-refractivity contribution is 5.79. The molecule has 0 spiro atoms. The summed E-state index contributed by atoms with van der Waals surface area (Å²) in [6.07, 6.45) is 3.01. The lowest BCUT2D eigenvalue weighted by Gasteiger charge is -2.19. The zero-order chi connectivity index (χ0) is 14.4. The first-order valence-electron chi connectivity index (χ1n) is 7.41. The maximum Gasteiger partial charge on any atom is 0.121 e. The summed E-state index contributed by atoms with van der Waals surface area (Å²) < 4.78 is 6.05. The summed E-state index contributed by atoms with van der Waals surface area (Å²) in [5, 5.41) is 4.60. The molecule has 0 saturated carbocycles. The van der Waals surface area contributed by atoms with Crippen molar-refractivity contribution in [2.24, 2.45) is 5.92 Å². The number of pyridine rings is 1. The number of aromatic nitrogens is 1. The van der Waals surface area contributed by atoms with Crippen LogP contribution in [0.4, 0.5) is 0 Å². The molecule has 0 radical (unpaired) electrons. The van der Waals surface area contributed by atoms with Gasteiger partial charge in [0.15, 0.2) is 0 Å². The van der Waals surface area contributed by atoms with Crippen molar-refractivity contribution in [3.63, 3.8) is 0 Å². The van der Waals surface area contributed by atoms with Crippen molar-refractivity contribution in [2.75, 3.05) is 13.1 Å². The average Bonchev–Trinajstić information content (AvgIpc) is 2.45. The van der Waals surface area contributed by atoms with Crippen LogP contribution in [0.15, 0.2) is 36.5 Å². The highest BCUT2D eigenvalue weighted by Gasteiger charge is 2.08. The molecule has 0 saturated heterocycles. The van der Waals surface area contributed by atoms with E-state index in [9.17, 15) is 0 Å². The lowest BCUT2D eigenvalue weighted by molar-refractivity contribution is 0.192. The summed E-state index contributed by atoms with van der Waals surface area (Å²) in [6, 6.07) is 10.1. The normalized spacial score (nSPS) is 12.8. The smallest absolute Gasteiger partial charge is 0.121 e. The lowest BCUT2D eigenvalue weighted by Crippen LogP contribution is -2.33. The molecule has 20 heavy (non-hydrogen) atoms. The molecule has 0 amide bonds. The van der Waals surface area contributed by atoms with E-state index in [1.807, 2.05) is 24.4 Å². The summed E-state index contributed by atoms with van der Waals surface area (Å²) in [7, 11) is 0. The third-order valence-electron chi connectivity index (χ3n) is 3.26. The number of benzene rings is 1. The third-order valence-corrected chi connectivity index (χ3v) is 3.26. The number of fused-ring (bicyclic) bond motifs is 1. The zero-order valence-electron chi connectivity index (χ0n) is 12.6. The van der Waals surface area contributed by atoms with E-state index in [1.54, 1.807) is 0 Å². The molecule has 1 heterocycles. The van der Waals surface area contributed by atoms with E-state index in [1.165, 1.54) is 0 Å². The Hall–Kier alpha value is -1.61. The predicted molar refractivity (Wildman–Crippen MR) is 84.2 cm³/mol. The van der Waals surface area contributed by atoms with Crippen LogP contribution < -0.4 is 10.1 Å². The van der Waals surface area contributed by atoms with Gasteiger partial charge >= 0.3 is 0 Å². The van der Waals surface area contributed by atoms with Crippen LogP contribution in [0.2, 0.25) is 0 Å². The van der Waals surface area contributed by atoms with Gasteiger partial charge in [0.05, 0.1) is 5.52 Å². The summed E-state index contributed by atoms with van der Waals surface area (Å²) >= 11 is 0. The van der Waals surface area contributed by atoms with Crippen molar-refractivity contribution in [1.29, 1.82) is 0 Å². The van der Waals surface area contributed by atoms with Crippen molar-refractivity contribution >= 4 is 10.9 Å². The minimum atomic E-state index is 0.204. The van der Waals surface area contributed by atoms with Crippen molar-refractivity contribution in [3.05, 3.63) is 36.5 Å². The SMILES string of the molecule is CCC(CNCC(C)C)Oc1ccc2cccnc2c1. The van der Waals surface area contributed by atoms with Gasteiger partial charge in [-0.15, -0.1) is 0 Å². The van der Waals surface area contributed by atoms with Gasteiger partial charge in [-0.05, 0) is 37.1 Å². The van der Waals surface area contributed by atoms with Gasteiger partial charge in [-0.2, -0.15) is 0 Å². The molecule has 2 aromatic rings. The molecule has 0 bridgehead atoms. The Morgan fingerprint density at radius 2 is 2.05 bits per heavy atom. The second kappa shape index (κ2) is 7.25. The molecule has 3 heteroatoms. The zero-order valence-corrected chi connectivity index (χ0v) is 12.6. The van der Waals surface area contributed by atoms with E-state index in [-0.39, 0.29) is 6.10 Å². The Balaban J connectivity index is 1.98. The van der Waals surface area contributed by atoms with Gasteiger partial charge in [0.2, 0.25) is 0 Å². The molecule has 1 aromatic carbocycles. The molecule has 0 fully saturated rings. The van der Waals surface area contributed by atoms with Crippen LogP contribution >= 0.6 is 0 Å². The largest absolute Gasteiger partial charge is 0.489 e. The van der Waals surface area contributed by atoms with E-state index in [0.29, 0.717) is 5.92 Å². The molecule has 108 valence electrons. The maximum absolute atomic E-state index is 6.05. The second-order valence-corrected chi connectivity index (χ2v) is 5.56. The van der Waals surface area contributed by atoms with Gasteiger partial charge < -0.3 is 10.1 Å². The molecular weight excluding hydrogens is 248 g/mol. The topological polar surface area (TPSA) is 34.1 Å². The highest BCUT2D eigenvalue weighted by Crippen LogP contribution is 2.20. The number of hydrogen-bond donors (Lipinski definition) is 1. The predicted octanol–water partition coefficient (Wildman–Crippen LogP) is 3.64. The first-order chi connectivity index (χ1) is 9.69. The first kappa shape index (κ1) is 14.8. The molecule has 1 N–H and O–H groups in total. The molecule has 1 aromatic heterocycles. The van der Waals surface area contributed by atoms with Crippen molar-refractivity contribution in [1.82, 2.24) is 10.3 Å². The molecule has 2 rings (SSSR count). The molecule has 1 atom stereocenters. The van der Waals surface area contributed by atoms with Crippen LogP contribution in [0.25, 0.3) is 10.9 Å². The summed E-state index contributed by atoms with van der Waals surface area (Å²) in [6.45, 7) is 8.49. The molecule has 3 nitrogen and oxygen atoms in total. The number of hydrogen-bond acceptors (Lipinski definition) is 3. The maximum atomic E-state index is 6.05. The lowest BCUT2D eigenvalue weighted by atomic mass is 10.2. The summed E-state index contributed by atoms with van der Waals surface area (Å²) in [4.78, 5) is 4.36. The summed E-state index contributed by atoms with van der Waals surface area (Å²) in [5.74, 6) is 1.56. The Bertz CT molecular complexity index is 539. The fourth-order valence-corrected chi connectivity index (χ4v) is 2.11. The van der Waals surface area contributed by atoms with E-state index >= 15 is 0 Å². The van der Waals surface area contributed by atoms with Crippen LogP contribution in [0, 0.1) is 5.92 Å². The fourth-order valence-electron chi connectivity index (χ4n) is 2.11. The Labute approximate surface area is 121 Å². The molecular formula is C17H24N2O. The van der Waals surface area contributed by atoms with Gasteiger partial charge in [0.25, 0.3) is 0 Å². The van der Waals surface area contributed by atoms with Crippen LogP contribution in [0.5, 0.6) is 5.75 Å². The fraction of sp³-hybridized carbons (Fsp3) is 0.471. The minimum Gasteiger partial charge on any atom is -0.489 e. The van der Waals surface area contributed by atoms with Crippen molar-refractivity contribution in [2.45, 2.75) is 33.3 Å². The van der Waals surface area contributed by atoms with E-state index < -0.39 is 0 Å². The van der Waals surface area contributed by atoms with Gasteiger partial charge in [-0.3, -0.25) is 4.98 Å². The third kappa shape index (κ3) is 4.20. The van der Waals surface area contributed by atoms with Crippen molar-refractivity contribution in [3.8, 4) is 5.75 Å². The molecule has 0 aliphatic heterocycles.